The fourth-order valence-electron chi connectivity index (χ4n) is 6.01. The second kappa shape index (κ2) is 24.3. The summed E-state index contributed by atoms with van der Waals surface area (Å²) in [5.74, 6) is -1.86. The topological polar surface area (TPSA) is 183 Å². The van der Waals surface area contributed by atoms with Gasteiger partial charge in [0.1, 0.15) is 31.4 Å². The number of hydrogen-bond donors (Lipinski definition) is 4. The number of ether oxygens (including phenoxy) is 5. The maximum absolute atomic E-state index is 13.9. The molecule has 0 radical (unpaired) electrons. The third-order valence-corrected chi connectivity index (χ3v) is 8.75. The molecule has 1 aliphatic carbocycles. The average molecular weight is 736 g/mol. The maximum Gasteiger partial charge on any atom is 0.407 e. The van der Waals surface area contributed by atoms with Crippen molar-refractivity contribution in [3.05, 3.63) is 35.9 Å². The molecule has 4 amide bonds. The SMILES string of the molecule is COCCOC(=O)N[C@H](C(=O)N[C@@H](Cc1ccccc1)[C@@H](CN(CC1CCCCC1)NC(=O)[C@@H](NC(=O)OCCOC)C(C)C)OC(C)=O)C(C)C. The number of nitrogens with zero attached hydrogens (tertiary/aromatic N) is 1. The van der Waals surface area contributed by atoms with Crippen molar-refractivity contribution in [3.8, 4) is 0 Å². The molecule has 0 spiro atoms. The van der Waals surface area contributed by atoms with E-state index in [-0.39, 0.29) is 57.1 Å². The van der Waals surface area contributed by atoms with Crippen molar-refractivity contribution in [1.29, 1.82) is 0 Å². The minimum absolute atomic E-state index is 0.0185. The van der Waals surface area contributed by atoms with Crippen LogP contribution in [0.1, 0.15) is 72.3 Å². The Bertz CT molecular complexity index is 1230. The first-order valence-corrected chi connectivity index (χ1v) is 18.3. The number of hydrazine groups is 1. The zero-order valence-electron chi connectivity index (χ0n) is 31.9. The Labute approximate surface area is 308 Å². The quantitative estimate of drug-likeness (QED) is 0.0593. The lowest BCUT2D eigenvalue weighted by molar-refractivity contribution is -0.151. The first-order chi connectivity index (χ1) is 24.8. The van der Waals surface area contributed by atoms with E-state index in [0.717, 1.165) is 37.7 Å². The summed E-state index contributed by atoms with van der Waals surface area (Å²) in [5, 5.41) is 10.1. The molecule has 15 heteroatoms. The molecule has 0 aliphatic heterocycles. The van der Waals surface area contributed by atoms with Gasteiger partial charge in [-0.3, -0.25) is 19.8 Å². The Morgan fingerprint density at radius 3 is 1.79 bits per heavy atom. The molecule has 1 aromatic rings. The molecule has 0 aromatic heterocycles. The molecule has 0 unspecified atom stereocenters. The van der Waals surface area contributed by atoms with E-state index in [1.54, 1.807) is 18.9 Å². The Hall–Kier alpha value is -3.95. The highest BCUT2D eigenvalue weighted by Gasteiger charge is 2.35. The smallest absolute Gasteiger partial charge is 0.407 e. The second-order valence-corrected chi connectivity index (χ2v) is 13.8. The van der Waals surface area contributed by atoms with Gasteiger partial charge in [-0.15, -0.1) is 0 Å². The van der Waals surface area contributed by atoms with Crippen LogP contribution < -0.4 is 21.4 Å². The van der Waals surface area contributed by atoms with Crippen LogP contribution >= 0.6 is 0 Å². The Balaban J connectivity index is 2.42. The molecular formula is C37H61N5O10. The number of hydrogen-bond acceptors (Lipinski definition) is 11. The fraction of sp³-hybridized carbons (Fsp3) is 0.703. The summed E-state index contributed by atoms with van der Waals surface area (Å²) < 4.78 is 26.1. The number of amides is 4. The molecule has 4 N–H and O–H groups in total. The number of alkyl carbamates (subject to hydrolysis) is 2. The van der Waals surface area contributed by atoms with Crippen LogP contribution in [0.5, 0.6) is 0 Å². The van der Waals surface area contributed by atoms with E-state index in [0.29, 0.717) is 6.54 Å². The molecule has 1 aromatic carbocycles. The third kappa shape index (κ3) is 17.0. The summed E-state index contributed by atoms with van der Waals surface area (Å²) >= 11 is 0. The van der Waals surface area contributed by atoms with Gasteiger partial charge >= 0.3 is 18.2 Å². The summed E-state index contributed by atoms with van der Waals surface area (Å²) in [5.41, 5.74) is 3.87. The predicted octanol–water partition coefficient (Wildman–Crippen LogP) is 3.35. The van der Waals surface area contributed by atoms with Crippen molar-refractivity contribution >= 4 is 30.0 Å². The predicted molar refractivity (Wildman–Crippen MR) is 194 cm³/mol. The molecule has 52 heavy (non-hydrogen) atoms. The van der Waals surface area contributed by atoms with Crippen LogP contribution in [-0.2, 0) is 44.5 Å². The molecule has 4 atom stereocenters. The molecule has 0 heterocycles. The molecule has 1 aliphatic rings. The summed E-state index contributed by atoms with van der Waals surface area (Å²) in [6.07, 6.45) is 3.03. The Morgan fingerprint density at radius 1 is 0.750 bits per heavy atom. The zero-order chi connectivity index (χ0) is 38.5. The largest absolute Gasteiger partial charge is 0.459 e. The van der Waals surface area contributed by atoms with E-state index in [1.807, 2.05) is 44.2 Å². The van der Waals surface area contributed by atoms with Crippen LogP contribution in [0, 0.1) is 17.8 Å². The lowest BCUT2D eigenvalue weighted by Gasteiger charge is -2.36. The monoisotopic (exact) mass is 735 g/mol. The first kappa shape index (κ1) is 44.2. The van der Waals surface area contributed by atoms with Crippen LogP contribution in [0.3, 0.4) is 0 Å². The Kier molecular flexibility index (Phi) is 20.7. The van der Waals surface area contributed by atoms with Gasteiger partial charge in [-0.2, -0.15) is 0 Å². The van der Waals surface area contributed by atoms with Gasteiger partial charge in [0.2, 0.25) is 5.91 Å². The number of carbonyl (C=O) groups is 5. The number of nitrogens with one attached hydrogen (secondary N) is 4. The Morgan fingerprint density at radius 2 is 1.29 bits per heavy atom. The van der Waals surface area contributed by atoms with Crippen LogP contribution in [-0.4, -0.2) is 113 Å². The van der Waals surface area contributed by atoms with Crippen molar-refractivity contribution < 1.29 is 47.7 Å². The van der Waals surface area contributed by atoms with Crippen LogP contribution in [0.2, 0.25) is 0 Å². The molecule has 0 saturated heterocycles. The van der Waals surface area contributed by atoms with E-state index in [1.165, 1.54) is 21.1 Å². The number of rotatable bonds is 22. The minimum atomic E-state index is -0.967. The van der Waals surface area contributed by atoms with E-state index < -0.39 is 54.2 Å². The highest BCUT2D eigenvalue weighted by atomic mass is 16.6. The van der Waals surface area contributed by atoms with Gasteiger partial charge in [0.15, 0.2) is 0 Å². The standard InChI is InChI=1S/C37H61N5O10/c1-25(2)32(39-36(46)50-20-18-48-6)34(44)38-30(22-28-14-10-8-11-15-28)31(52-27(5)43)24-42(23-29-16-12-9-13-17-29)41-35(45)33(26(3)4)40-37(47)51-21-19-49-7/h8,10-11,14-15,25-26,29-33H,9,12-13,16-24H2,1-7H3,(H,38,44)(H,39,46)(H,40,47)(H,41,45)/t30-,31+,32-,33-/m0/s1. The number of benzene rings is 1. The van der Waals surface area contributed by atoms with Crippen LogP contribution in [0.25, 0.3) is 0 Å². The summed E-state index contributed by atoms with van der Waals surface area (Å²) in [7, 11) is 2.98. The third-order valence-electron chi connectivity index (χ3n) is 8.75. The highest BCUT2D eigenvalue weighted by Crippen LogP contribution is 2.25. The lowest BCUT2D eigenvalue weighted by Crippen LogP contribution is -2.60. The van der Waals surface area contributed by atoms with Crippen molar-refractivity contribution in [3.63, 3.8) is 0 Å². The van der Waals surface area contributed by atoms with Gasteiger partial charge in [0.05, 0.1) is 25.8 Å². The molecule has 2 rings (SSSR count). The first-order valence-electron chi connectivity index (χ1n) is 18.3. The number of esters is 1. The van der Waals surface area contributed by atoms with Crippen molar-refractivity contribution in [2.45, 2.75) is 97.4 Å². The van der Waals surface area contributed by atoms with E-state index in [9.17, 15) is 24.0 Å². The number of carbonyl (C=O) groups excluding carboxylic acids is 5. The molecule has 1 saturated carbocycles. The van der Waals surface area contributed by atoms with E-state index in [2.05, 4.69) is 21.4 Å². The molecular weight excluding hydrogens is 674 g/mol. The van der Waals surface area contributed by atoms with Gasteiger partial charge in [0.25, 0.3) is 5.91 Å². The van der Waals surface area contributed by atoms with E-state index in [4.69, 9.17) is 23.7 Å². The van der Waals surface area contributed by atoms with E-state index >= 15 is 0 Å². The van der Waals surface area contributed by atoms with Gasteiger partial charge < -0.3 is 39.6 Å². The summed E-state index contributed by atoms with van der Waals surface area (Å²) in [6, 6.07) is 6.76. The summed E-state index contributed by atoms with van der Waals surface area (Å²) in [6.45, 7) is 9.46. The number of methoxy groups -OCH3 is 2. The molecule has 15 nitrogen and oxygen atoms in total. The lowest BCUT2D eigenvalue weighted by atomic mass is 9.89. The molecule has 294 valence electrons. The van der Waals surface area contributed by atoms with Crippen LogP contribution in [0.4, 0.5) is 9.59 Å². The van der Waals surface area contributed by atoms with Gasteiger partial charge in [-0.1, -0.05) is 77.3 Å². The fourth-order valence-corrected chi connectivity index (χ4v) is 6.01. The van der Waals surface area contributed by atoms with Crippen molar-refractivity contribution in [1.82, 2.24) is 26.4 Å². The zero-order valence-corrected chi connectivity index (χ0v) is 31.9. The van der Waals surface area contributed by atoms with Gasteiger partial charge in [-0.05, 0) is 42.6 Å². The van der Waals surface area contributed by atoms with Crippen molar-refractivity contribution in [2.24, 2.45) is 17.8 Å². The normalized spacial score (nSPS) is 15.7. The minimum Gasteiger partial charge on any atom is -0.459 e. The maximum atomic E-state index is 13.9. The highest BCUT2D eigenvalue weighted by molar-refractivity contribution is 5.86. The molecule has 1 fully saturated rings. The molecule has 0 bridgehead atoms. The van der Waals surface area contributed by atoms with Gasteiger partial charge in [-0.25, -0.2) is 14.6 Å². The van der Waals surface area contributed by atoms with Crippen molar-refractivity contribution in [2.75, 3.05) is 53.7 Å². The second-order valence-electron chi connectivity index (χ2n) is 13.8. The average Bonchev–Trinajstić information content (AvgIpc) is 3.09. The summed E-state index contributed by atoms with van der Waals surface area (Å²) in [4.78, 5) is 65.4. The van der Waals surface area contributed by atoms with Crippen LogP contribution in [0.15, 0.2) is 30.3 Å². The van der Waals surface area contributed by atoms with Gasteiger partial charge in [0, 0.05) is 27.7 Å².